The Balaban J connectivity index is 4.03. The lowest BCUT2D eigenvalue weighted by Gasteiger charge is -2.23. The van der Waals surface area contributed by atoms with Crippen molar-refractivity contribution < 1.29 is 14.7 Å². The Hall–Kier alpha value is -1.10. The average molecular weight is 244 g/mol. The van der Waals surface area contributed by atoms with Gasteiger partial charge in [0.15, 0.2) is 0 Å². The van der Waals surface area contributed by atoms with Crippen LogP contribution in [0.1, 0.15) is 40.5 Å². The molecule has 0 aromatic heterocycles. The van der Waals surface area contributed by atoms with Crippen molar-refractivity contribution in [3.63, 3.8) is 0 Å². The van der Waals surface area contributed by atoms with E-state index in [1.165, 1.54) is 4.90 Å². The van der Waals surface area contributed by atoms with Gasteiger partial charge in [-0.2, -0.15) is 0 Å². The first kappa shape index (κ1) is 15.9. The molecule has 0 aliphatic carbocycles. The number of rotatable bonds is 5. The summed E-state index contributed by atoms with van der Waals surface area (Å²) < 4.78 is 0. The molecule has 5 heteroatoms. The van der Waals surface area contributed by atoms with Crippen LogP contribution in [-0.2, 0) is 9.59 Å². The second kappa shape index (κ2) is 6.59. The summed E-state index contributed by atoms with van der Waals surface area (Å²) in [6.45, 7) is 7.36. The van der Waals surface area contributed by atoms with Gasteiger partial charge in [-0.1, -0.05) is 0 Å². The number of carbonyl (C=O) groups excluding carboxylic acids is 2. The number of nitrogens with one attached hydrogen (secondary N) is 1. The van der Waals surface area contributed by atoms with E-state index in [-0.39, 0.29) is 30.3 Å². The van der Waals surface area contributed by atoms with E-state index in [0.717, 1.165) is 0 Å². The van der Waals surface area contributed by atoms with E-state index >= 15 is 0 Å². The first-order valence-electron chi connectivity index (χ1n) is 5.85. The predicted molar refractivity (Wildman–Crippen MR) is 66.4 cm³/mol. The molecule has 2 amide bonds. The zero-order valence-corrected chi connectivity index (χ0v) is 11.4. The second-order valence-electron chi connectivity index (χ2n) is 5.44. The molecule has 2 N–H and O–H groups in total. The van der Waals surface area contributed by atoms with Gasteiger partial charge in [-0.3, -0.25) is 9.59 Å². The fourth-order valence-corrected chi connectivity index (χ4v) is 1.28. The molecule has 0 saturated heterocycles. The van der Waals surface area contributed by atoms with Gasteiger partial charge in [0.2, 0.25) is 11.8 Å². The molecule has 0 fully saturated rings. The lowest BCUT2D eigenvalue weighted by Crippen LogP contribution is -2.46. The number of amides is 2. The Morgan fingerprint density at radius 3 is 2.29 bits per heavy atom. The first-order chi connectivity index (χ1) is 7.61. The Kier molecular flexibility index (Phi) is 6.16. The molecule has 0 radical (unpaired) electrons. The smallest absolute Gasteiger partial charge is 0.240 e. The van der Waals surface area contributed by atoms with Crippen molar-refractivity contribution in [2.75, 3.05) is 13.6 Å². The van der Waals surface area contributed by atoms with Crippen molar-refractivity contribution in [3.8, 4) is 0 Å². The quantitative estimate of drug-likeness (QED) is 0.741. The summed E-state index contributed by atoms with van der Waals surface area (Å²) in [6, 6.07) is 0. The van der Waals surface area contributed by atoms with Crippen LogP contribution in [0.15, 0.2) is 0 Å². The van der Waals surface area contributed by atoms with Crippen molar-refractivity contribution in [2.45, 2.75) is 52.2 Å². The Morgan fingerprint density at radius 2 is 1.88 bits per heavy atom. The molecular formula is C12H24N2O3. The van der Waals surface area contributed by atoms with Crippen LogP contribution in [0.25, 0.3) is 0 Å². The van der Waals surface area contributed by atoms with Gasteiger partial charge in [-0.05, 0) is 34.1 Å². The van der Waals surface area contributed by atoms with Crippen molar-refractivity contribution >= 4 is 11.8 Å². The molecule has 0 saturated carbocycles. The summed E-state index contributed by atoms with van der Waals surface area (Å²) >= 11 is 0. The third-order valence-electron chi connectivity index (χ3n) is 2.10. The summed E-state index contributed by atoms with van der Waals surface area (Å²) in [5.41, 5.74) is -0.291. The maximum Gasteiger partial charge on any atom is 0.240 e. The van der Waals surface area contributed by atoms with E-state index in [2.05, 4.69) is 5.32 Å². The van der Waals surface area contributed by atoms with Crippen LogP contribution in [0.3, 0.4) is 0 Å². The van der Waals surface area contributed by atoms with Gasteiger partial charge >= 0.3 is 0 Å². The lowest BCUT2D eigenvalue weighted by atomic mass is 10.1. The minimum Gasteiger partial charge on any atom is -0.393 e. The van der Waals surface area contributed by atoms with Crippen LogP contribution in [0.4, 0.5) is 0 Å². The van der Waals surface area contributed by atoms with Crippen molar-refractivity contribution in [3.05, 3.63) is 0 Å². The third-order valence-corrected chi connectivity index (χ3v) is 2.10. The van der Waals surface area contributed by atoms with Crippen LogP contribution < -0.4 is 5.32 Å². The van der Waals surface area contributed by atoms with E-state index in [0.29, 0.717) is 6.42 Å². The van der Waals surface area contributed by atoms with E-state index < -0.39 is 6.10 Å². The minimum atomic E-state index is -0.490. The number of aliphatic hydroxyl groups is 1. The Bertz CT molecular complexity index is 269. The Labute approximate surface area is 103 Å². The van der Waals surface area contributed by atoms with Gasteiger partial charge in [0.25, 0.3) is 0 Å². The lowest BCUT2D eigenvalue weighted by molar-refractivity contribution is -0.135. The molecule has 0 aromatic rings. The van der Waals surface area contributed by atoms with Gasteiger partial charge in [0.05, 0.1) is 12.6 Å². The SMILES string of the molecule is CC(O)CCC(=O)N(C)CC(=O)NC(C)(C)C. The van der Waals surface area contributed by atoms with Crippen LogP contribution >= 0.6 is 0 Å². The van der Waals surface area contributed by atoms with Gasteiger partial charge in [-0.15, -0.1) is 0 Å². The van der Waals surface area contributed by atoms with Crippen LogP contribution in [-0.4, -0.2) is 47.1 Å². The van der Waals surface area contributed by atoms with Gasteiger partial charge in [0, 0.05) is 19.0 Å². The molecule has 0 aliphatic heterocycles. The first-order valence-corrected chi connectivity index (χ1v) is 5.85. The van der Waals surface area contributed by atoms with E-state index in [1.54, 1.807) is 14.0 Å². The second-order valence-corrected chi connectivity index (χ2v) is 5.44. The highest BCUT2D eigenvalue weighted by molar-refractivity contribution is 5.84. The zero-order valence-electron chi connectivity index (χ0n) is 11.4. The number of hydrogen-bond acceptors (Lipinski definition) is 3. The summed E-state index contributed by atoms with van der Waals surface area (Å²) in [4.78, 5) is 24.5. The maximum atomic E-state index is 11.6. The van der Waals surface area contributed by atoms with E-state index in [9.17, 15) is 9.59 Å². The molecular weight excluding hydrogens is 220 g/mol. The summed E-state index contributed by atoms with van der Waals surface area (Å²) in [5.74, 6) is -0.305. The zero-order chi connectivity index (χ0) is 13.6. The fraction of sp³-hybridized carbons (Fsp3) is 0.833. The largest absolute Gasteiger partial charge is 0.393 e. The molecule has 0 rings (SSSR count). The summed E-state index contributed by atoms with van der Waals surface area (Å²) in [5, 5.41) is 11.9. The predicted octanol–water partition coefficient (Wildman–Crippen LogP) is 0.520. The summed E-state index contributed by atoms with van der Waals surface area (Å²) in [7, 11) is 1.59. The molecule has 0 aromatic carbocycles. The number of carbonyl (C=O) groups is 2. The molecule has 1 unspecified atom stereocenters. The average Bonchev–Trinajstić information content (AvgIpc) is 2.10. The third kappa shape index (κ3) is 8.68. The molecule has 17 heavy (non-hydrogen) atoms. The molecule has 0 spiro atoms. The molecule has 5 nitrogen and oxygen atoms in total. The van der Waals surface area contributed by atoms with E-state index in [4.69, 9.17) is 5.11 Å². The highest BCUT2D eigenvalue weighted by Crippen LogP contribution is 2.01. The summed E-state index contributed by atoms with van der Waals surface area (Å²) in [6.07, 6.45) is 0.192. The van der Waals surface area contributed by atoms with Gasteiger partial charge < -0.3 is 15.3 Å². The normalized spacial score (nSPS) is 13.1. The van der Waals surface area contributed by atoms with Crippen molar-refractivity contribution in [1.82, 2.24) is 10.2 Å². The molecule has 0 heterocycles. The van der Waals surface area contributed by atoms with Crippen molar-refractivity contribution in [1.29, 1.82) is 0 Å². The van der Waals surface area contributed by atoms with Crippen LogP contribution in [0.5, 0.6) is 0 Å². The number of aliphatic hydroxyl groups excluding tert-OH is 1. The molecule has 0 bridgehead atoms. The van der Waals surface area contributed by atoms with Crippen LogP contribution in [0.2, 0.25) is 0 Å². The fourth-order valence-electron chi connectivity index (χ4n) is 1.28. The van der Waals surface area contributed by atoms with Crippen molar-refractivity contribution in [2.24, 2.45) is 0 Å². The number of likely N-dealkylation sites (N-methyl/N-ethyl adjacent to an activating group) is 1. The van der Waals surface area contributed by atoms with Gasteiger partial charge in [-0.25, -0.2) is 0 Å². The standard InChI is InChI=1S/C12H24N2O3/c1-9(15)6-7-11(17)14(5)8-10(16)13-12(2,3)4/h9,15H,6-8H2,1-5H3,(H,13,16). The van der Waals surface area contributed by atoms with Crippen LogP contribution in [0, 0.1) is 0 Å². The maximum absolute atomic E-state index is 11.6. The molecule has 0 aliphatic rings. The number of nitrogens with zero attached hydrogens (tertiary/aromatic N) is 1. The molecule has 100 valence electrons. The highest BCUT2D eigenvalue weighted by atomic mass is 16.3. The number of hydrogen-bond donors (Lipinski definition) is 2. The highest BCUT2D eigenvalue weighted by Gasteiger charge is 2.17. The minimum absolute atomic E-state index is 0.0515. The van der Waals surface area contributed by atoms with E-state index in [1.807, 2.05) is 20.8 Å². The molecule has 1 atom stereocenters. The Morgan fingerprint density at radius 1 is 1.35 bits per heavy atom. The topological polar surface area (TPSA) is 69.6 Å². The van der Waals surface area contributed by atoms with Gasteiger partial charge in [0.1, 0.15) is 0 Å². The monoisotopic (exact) mass is 244 g/mol.